The first-order valence-corrected chi connectivity index (χ1v) is 4.02. The van der Waals surface area contributed by atoms with Crippen molar-refractivity contribution in [2.24, 2.45) is 10.9 Å². The van der Waals surface area contributed by atoms with Crippen LogP contribution in [0.3, 0.4) is 0 Å². The van der Waals surface area contributed by atoms with E-state index in [1.165, 1.54) is 6.92 Å². The van der Waals surface area contributed by atoms with Gasteiger partial charge in [0.25, 0.3) is 0 Å². The molecule has 0 saturated carbocycles. The van der Waals surface area contributed by atoms with Gasteiger partial charge >= 0.3 is 0 Å². The van der Waals surface area contributed by atoms with E-state index in [4.69, 9.17) is 16.0 Å². The van der Waals surface area contributed by atoms with Gasteiger partial charge < -0.3 is 26.5 Å². The first-order chi connectivity index (χ1) is 6.02. The molecule has 0 aromatic carbocycles. The number of oxime groups is 1. The molecule has 6 heteroatoms. The minimum absolute atomic E-state index is 0.135. The van der Waals surface area contributed by atoms with Gasteiger partial charge in [-0.25, -0.2) is 0 Å². The lowest BCUT2D eigenvalue weighted by atomic mass is 10.1. The van der Waals surface area contributed by atoms with Crippen molar-refractivity contribution in [1.82, 2.24) is 5.32 Å². The summed E-state index contributed by atoms with van der Waals surface area (Å²) in [6.07, 6.45) is 0.401. The van der Waals surface area contributed by atoms with Crippen LogP contribution >= 0.6 is 0 Å². The molecule has 6 nitrogen and oxygen atoms in total. The van der Waals surface area contributed by atoms with Crippen LogP contribution in [0, 0.1) is 0 Å². The first-order valence-electron chi connectivity index (χ1n) is 4.02. The van der Waals surface area contributed by atoms with Gasteiger partial charge in [0.15, 0.2) is 0 Å². The Bertz CT molecular complexity index is 170. The highest BCUT2D eigenvalue weighted by Gasteiger charge is 2.17. The second-order valence-corrected chi connectivity index (χ2v) is 3.17. The minimum Gasteiger partial charge on any atom is -0.409 e. The molecule has 0 amide bonds. The third kappa shape index (κ3) is 6.32. The molecule has 0 aliphatic rings. The second-order valence-electron chi connectivity index (χ2n) is 3.17. The molecule has 0 rings (SSSR count). The van der Waals surface area contributed by atoms with E-state index in [-0.39, 0.29) is 19.0 Å². The van der Waals surface area contributed by atoms with Gasteiger partial charge in [0.2, 0.25) is 0 Å². The van der Waals surface area contributed by atoms with Gasteiger partial charge in [-0.1, -0.05) is 5.16 Å². The fourth-order valence-corrected chi connectivity index (χ4v) is 0.680. The SMILES string of the molecule is CC(O)(CO)CNCCC(N)=NO. The zero-order chi connectivity index (χ0) is 10.3. The van der Waals surface area contributed by atoms with Crippen LogP contribution in [0.1, 0.15) is 13.3 Å². The van der Waals surface area contributed by atoms with Crippen LogP contribution in [0.25, 0.3) is 0 Å². The molecule has 6 N–H and O–H groups in total. The topological polar surface area (TPSA) is 111 Å². The number of aliphatic hydroxyl groups excluding tert-OH is 1. The molecule has 1 atom stereocenters. The van der Waals surface area contributed by atoms with Gasteiger partial charge in [-0.15, -0.1) is 0 Å². The third-order valence-corrected chi connectivity index (χ3v) is 1.53. The Morgan fingerprint density at radius 1 is 1.62 bits per heavy atom. The highest BCUT2D eigenvalue weighted by molar-refractivity contribution is 5.79. The molecular weight excluding hydrogens is 174 g/mol. The van der Waals surface area contributed by atoms with E-state index in [2.05, 4.69) is 10.5 Å². The summed E-state index contributed by atoms with van der Waals surface area (Å²) in [5.41, 5.74) is 4.08. The maximum atomic E-state index is 9.32. The van der Waals surface area contributed by atoms with Crippen LogP contribution in [0.2, 0.25) is 0 Å². The van der Waals surface area contributed by atoms with Crippen LogP contribution in [0.5, 0.6) is 0 Å². The van der Waals surface area contributed by atoms with Gasteiger partial charge in [0.05, 0.1) is 12.2 Å². The highest BCUT2D eigenvalue weighted by Crippen LogP contribution is 1.97. The Morgan fingerprint density at radius 2 is 2.23 bits per heavy atom. The molecule has 78 valence electrons. The van der Waals surface area contributed by atoms with Crippen molar-refractivity contribution in [3.05, 3.63) is 0 Å². The lowest BCUT2D eigenvalue weighted by Crippen LogP contribution is -2.41. The summed E-state index contributed by atoms with van der Waals surface area (Å²) in [5.74, 6) is 0.135. The maximum Gasteiger partial charge on any atom is 0.140 e. The molecule has 0 heterocycles. The van der Waals surface area contributed by atoms with Crippen LogP contribution in [-0.2, 0) is 0 Å². The second kappa shape index (κ2) is 5.74. The zero-order valence-corrected chi connectivity index (χ0v) is 7.69. The first kappa shape index (κ1) is 12.2. The molecule has 0 aromatic heterocycles. The number of hydrogen-bond acceptors (Lipinski definition) is 5. The normalized spacial score (nSPS) is 17.0. The largest absolute Gasteiger partial charge is 0.409 e. The average Bonchev–Trinajstić information content (AvgIpc) is 2.12. The van der Waals surface area contributed by atoms with E-state index in [1.54, 1.807) is 0 Å². The molecular formula is C7H17N3O3. The van der Waals surface area contributed by atoms with Crippen molar-refractivity contribution in [2.45, 2.75) is 18.9 Å². The highest BCUT2D eigenvalue weighted by atomic mass is 16.4. The van der Waals surface area contributed by atoms with E-state index in [0.717, 1.165) is 0 Å². The van der Waals surface area contributed by atoms with Crippen LogP contribution in [-0.4, -0.2) is 46.6 Å². The van der Waals surface area contributed by atoms with Crippen LogP contribution in [0.4, 0.5) is 0 Å². The lowest BCUT2D eigenvalue weighted by molar-refractivity contribution is 0.00305. The minimum atomic E-state index is -1.12. The van der Waals surface area contributed by atoms with Crippen molar-refractivity contribution >= 4 is 5.84 Å². The van der Waals surface area contributed by atoms with E-state index in [9.17, 15) is 5.11 Å². The molecule has 0 aliphatic heterocycles. The molecule has 0 bridgehead atoms. The number of nitrogens with zero attached hydrogens (tertiary/aromatic N) is 1. The predicted octanol–water partition coefficient (Wildman–Crippen LogP) is -1.54. The number of amidine groups is 1. The summed E-state index contributed by atoms with van der Waals surface area (Å²) in [6.45, 7) is 1.97. The molecule has 0 saturated heterocycles. The van der Waals surface area contributed by atoms with Crippen molar-refractivity contribution in [2.75, 3.05) is 19.7 Å². The summed E-state index contributed by atoms with van der Waals surface area (Å²) in [4.78, 5) is 0. The van der Waals surface area contributed by atoms with E-state index >= 15 is 0 Å². The Labute approximate surface area is 77.1 Å². The standard InChI is InChI=1S/C7H17N3O3/c1-7(12,5-11)4-9-3-2-6(8)10-13/h9,11-13H,2-5H2,1H3,(H2,8,10). The number of aliphatic hydroxyl groups is 2. The van der Waals surface area contributed by atoms with Crippen molar-refractivity contribution < 1.29 is 15.4 Å². The van der Waals surface area contributed by atoms with Crippen molar-refractivity contribution in [1.29, 1.82) is 0 Å². The third-order valence-electron chi connectivity index (χ3n) is 1.53. The number of hydrogen-bond donors (Lipinski definition) is 5. The molecule has 1 unspecified atom stereocenters. The number of rotatable bonds is 6. The van der Waals surface area contributed by atoms with Gasteiger partial charge in [-0.3, -0.25) is 0 Å². The quantitative estimate of drug-likeness (QED) is 0.115. The summed E-state index contributed by atoms with van der Waals surface area (Å²) >= 11 is 0. The molecule has 0 aromatic rings. The summed E-state index contributed by atoms with van der Waals surface area (Å²) < 4.78 is 0. The summed E-state index contributed by atoms with van der Waals surface area (Å²) in [7, 11) is 0. The number of nitrogens with one attached hydrogen (secondary N) is 1. The number of nitrogens with two attached hydrogens (primary N) is 1. The Morgan fingerprint density at radius 3 is 2.69 bits per heavy atom. The summed E-state index contributed by atoms with van der Waals surface area (Å²) in [6, 6.07) is 0. The molecule has 0 spiro atoms. The van der Waals surface area contributed by atoms with Crippen LogP contribution in [0.15, 0.2) is 5.16 Å². The fraction of sp³-hybridized carbons (Fsp3) is 0.857. The monoisotopic (exact) mass is 191 g/mol. The van der Waals surface area contributed by atoms with Gasteiger partial charge in [-0.2, -0.15) is 0 Å². The van der Waals surface area contributed by atoms with Gasteiger partial charge in [0, 0.05) is 19.5 Å². The van der Waals surface area contributed by atoms with Crippen LogP contribution < -0.4 is 11.1 Å². The molecule has 0 fully saturated rings. The average molecular weight is 191 g/mol. The smallest absolute Gasteiger partial charge is 0.140 e. The Balaban J connectivity index is 3.46. The van der Waals surface area contributed by atoms with Crippen molar-refractivity contribution in [3.8, 4) is 0 Å². The predicted molar refractivity (Wildman–Crippen MR) is 48.6 cm³/mol. The molecule has 0 radical (unpaired) electrons. The van der Waals surface area contributed by atoms with E-state index < -0.39 is 5.60 Å². The van der Waals surface area contributed by atoms with Gasteiger partial charge in [0.1, 0.15) is 5.84 Å². The van der Waals surface area contributed by atoms with E-state index in [1.807, 2.05) is 0 Å². The Hall–Kier alpha value is -0.850. The van der Waals surface area contributed by atoms with Gasteiger partial charge in [-0.05, 0) is 6.92 Å². The summed E-state index contributed by atoms with van der Waals surface area (Å²) in [5, 5.41) is 31.8. The fourth-order valence-electron chi connectivity index (χ4n) is 0.680. The molecule has 0 aliphatic carbocycles. The Kier molecular flexibility index (Phi) is 5.36. The van der Waals surface area contributed by atoms with E-state index in [0.29, 0.717) is 13.0 Å². The zero-order valence-electron chi connectivity index (χ0n) is 7.69. The molecule has 13 heavy (non-hydrogen) atoms. The maximum absolute atomic E-state index is 9.32. The lowest BCUT2D eigenvalue weighted by Gasteiger charge is -2.20. The van der Waals surface area contributed by atoms with Crippen molar-refractivity contribution in [3.63, 3.8) is 0 Å².